The Morgan fingerprint density at radius 1 is 1.40 bits per heavy atom. The molecule has 0 saturated heterocycles. The smallest absolute Gasteiger partial charge is 0.313 e. The number of para-hydroxylation sites is 1. The summed E-state index contributed by atoms with van der Waals surface area (Å²) in [5.41, 5.74) is -0.0443. The van der Waals surface area contributed by atoms with Crippen molar-refractivity contribution in [3.63, 3.8) is 0 Å². The number of phenolic OH excluding ortho intramolecular Hbond substituents is 1. The van der Waals surface area contributed by atoms with E-state index in [-0.39, 0.29) is 17.1 Å². The number of hydrogen-bond donors (Lipinski definition) is 1. The fraction of sp³-hybridized carbons (Fsp3) is 0. The fourth-order valence-electron chi connectivity index (χ4n) is 1.26. The molecule has 0 aliphatic carbocycles. The van der Waals surface area contributed by atoms with Crippen molar-refractivity contribution in [2.75, 3.05) is 0 Å². The molecule has 6 nitrogen and oxygen atoms in total. The first-order chi connectivity index (χ1) is 7.20. The molecular weight excluding hydrogens is 198 g/mol. The standard InChI is InChI=1S/C9H7N3O3/c13-9-7(11-6-2-5-10-11)3-1-4-8(9)12(14)15/h1-6,13H. The van der Waals surface area contributed by atoms with Crippen LogP contribution < -0.4 is 0 Å². The number of benzene rings is 1. The number of hydrogen-bond acceptors (Lipinski definition) is 4. The lowest BCUT2D eigenvalue weighted by molar-refractivity contribution is -0.385. The molecule has 1 heterocycles. The molecule has 1 N–H and O–H groups in total. The van der Waals surface area contributed by atoms with Crippen LogP contribution in [0.15, 0.2) is 36.7 Å². The number of aromatic hydroxyl groups is 1. The average Bonchev–Trinajstić information content (AvgIpc) is 2.70. The number of phenols is 1. The van der Waals surface area contributed by atoms with Crippen molar-refractivity contribution in [2.24, 2.45) is 0 Å². The van der Waals surface area contributed by atoms with Crippen molar-refractivity contribution < 1.29 is 10.0 Å². The minimum Gasteiger partial charge on any atom is -0.501 e. The van der Waals surface area contributed by atoms with Crippen LogP contribution in [-0.4, -0.2) is 19.8 Å². The molecular formula is C9H7N3O3. The lowest BCUT2D eigenvalue weighted by Gasteiger charge is -2.03. The van der Waals surface area contributed by atoms with Gasteiger partial charge in [0.05, 0.1) is 4.92 Å². The molecule has 2 aromatic rings. The number of nitro groups is 1. The van der Waals surface area contributed by atoms with E-state index in [0.717, 1.165) is 0 Å². The Morgan fingerprint density at radius 3 is 2.80 bits per heavy atom. The van der Waals surface area contributed by atoms with E-state index in [2.05, 4.69) is 5.10 Å². The Balaban J connectivity index is 2.59. The van der Waals surface area contributed by atoms with Gasteiger partial charge in [-0.25, -0.2) is 4.68 Å². The van der Waals surface area contributed by atoms with Gasteiger partial charge in [0.2, 0.25) is 5.75 Å². The molecule has 2 rings (SSSR count). The van der Waals surface area contributed by atoms with E-state index in [4.69, 9.17) is 0 Å². The molecule has 0 spiro atoms. The predicted octanol–water partition coefficient (Wildman–Crippen LogP) is 1.49. The van der Waals surface area contributed by atoms with Crippen LogP contribution in [-0.2, 0) is 0 Å². The molecule has 0 radical (unpaired) electrons. The summed E-state index contributed by atoms with van der Waals surface area (Å²) < 4.78 is 1.36. The molecule has 6 heteroatoms. The molecule has 0 atom stereocenters. The van der Waals surface area contributed by atoms with E-state index in [9.17, 15) is 15.2 Å². The molecule has 0 amide bonds. The second kappa shape index (κ2) is 3.41. The summed E-state index contributed by atoms with van der Waals surface area (Å²) in [5, 5.41) is 24.1. The number of nitro benzene ring substituents is 1. The molecule has 1 aromatic heterocycles. The topological polar surface area (TPSA) is 81.2 Å². The van der Waals surface area contributed by atoms with Gasteiger partial charge in [-0.1, -0.05) is 6.07 Å². The van der Waals surface area contributed by atoms with Gasteiger partial charge >= 0.3 is 5.69 Å². The molecule has 0 fully saturated rings. The van der Waals surface area contributed by atoms with Crippen molar-refractivity contribution in [1.82, 2.24) is 9.78 Å². The fourth-order valence-corrected chi connectivity index (χ4v) is 1.26. The lowest BCUT2D eigenvalue weighted by Crippen LogP contribution is -1.97. The van der Waals surface area contributed by atoms with Crippen molar-refractivity contribution >= 4 is 5.69 Å². The molecule has 1 aromatic carbocycles. The first-order valence-corrected chi connectivity index (χ1v) is 4.16. The number of nitrogens with zero attached hydrogens (tertiary/aromatic N) is 3. The van der Waals surface area contributed by atoms with E-state index < -0.39 is 4.92 Å². The average molecular weight is 205 g/mol. The Hall–Kier alpha value is -2.37. The summed E-state index contributed by atoms with van der Waals surface area (Å²) in [5.74, 6) is -0.383. The first-order valence-electron chi connectivity index (χ1n) is 4.16. The Labute approximate surface area is 84.5 Å². The predicted molar refractivity (Wildman–Crippen MR) is 51.9 cm³/mol. The quantitative estimate of drug-likeness (QED) is 0.594. The Morgan fingerprint density at radius 2 is 2.20 bits per heavy atom. The highest BCUT2D eigenvalue weighted by molar-refractivity contribution is 5.58. The summed E-state index contributed by atoms with van der Waals surface area (Å²) >= 11 is 0. The number of rotatable bonds is 2. The number of aromatic nitrogens is 2. The second-order valence-electron chi connectivity index (χ2n) is 2.85. The monoisotopic (exact) mass is 205 g/mol. The zero-order valence-corrected chi connectivity index (χ0v) is 7.57. The van der Waals surface area contributed by atoms with Crippen LogP contribution in [0.4, 0.5) is 5.69 Å². The zero-order chi connectivity index (χ0) is 10.8. The summed E-state index contributed by atoms with van der Waals surface area (Å²) in [4.78, 5) is 9.92. The van der Waals surface area contributed by atoms with Gasteiger partial charge < -0.3 is 5.11 Å². The maximum absolute atomic E-state index is 10.6. The van der Waals surface area contributed by atoms with Gasteiger partial charge in [0.15, 0.2) is 0 Å². The maximum atomic E-state index is 10.6. The third-order valence-electron chi connectivity index (χ3n) is 1.94. The van der Waals surface area contributed by atoms with E-state index >= 15 is 0 Å². The molecule has 0 aliphatic heterocycles. The van der Waals surface area contributed by atoms with Crippen molar-refractivity contribution in [1.29, 1.82) is 0 Å². The van der Waals surface area contributed by atoms with Gasteiger partial charge in [-0.3, -0.25) is 10.1 Å². The van der Waals surface area contributed by atoms with Crippen LogP contribution in [0.3, 0.4) is 0 Å². The van der Waals surface area contributed by atoms with Crippen LogP contribution in [0.5, 0.6) is 5.75 Å². The van der Waals surface area contributed by atoms with Crippen molar-refractivity contribution in [2.45, 2.75) is 0 Å². The second-order valence-corrected chi connectivity index (χ2v) is 2.85. The maximum Gasteiger partial charge on any atom is 0.313 e. The van der Waals surface area contributed by atoms with Gasteiger partial charge in [-0.2, -0.15) is 5.10 Å². The Kier molecular flexibility index (Phi) is 2.09. The van der Waals surface area contributed by atoms with Crippen LogP contribution in [0.1, 0.15) is 0 Å². The zero-order valence-electron chi connectivity index (χ0n) is 7.57. The van der Waals surface area contributed by atoms with E-state index in [0.29, 0.717) is 0 Å². The van der Waals surface area contributed by atoms with Crippen LogP contribution in [0, 0.1) is 10.1 Å². The lowest BCUT2D eigenvalue weighted by atomic mass is 10.2. The summed E-state index contributed by atoms with van der Waals surface area (Å²) in [6.07, 6.45) is 3.12. The third kappa shape index (κ3) is 1.52. The largest absolute Gasteiger partial charge is 0.501 e. The highest BCUT2D eigenvalue weighted by Gasteiger charge is 2.17. The third-order valence-corrected chi connectivity index (χ3v) is 1.94. The van der Waals surface area contributed by atoms with Crippen LogP contribution in [0.25, 0.3) is 5.69 Å². The molecule has 0 aliphatic rings. The molecule has 76 valence electrons. The van der Waals surface area contributed by atoms with Gasteiger partial charge in [-0.15, -0.1) is 0 Å². The normalized spacial score (nSPS) is 10.1. The molecule has 0 bridgehead atoms. The van der Waals surface area contributed by atoms with E-state index in [1.54, 1.807) is 18.3 Å². The summed E-state index contributed by atoms with van der Waals surface area (Å²) in [7, 11) is 0. The van der Waals surface area contributed by atoms with Crippen molar-refractivity contribution in [3.8, 4) is 11.4 Å². The first kappa shape index (κ1) is 9.20. The highest BCUT2D eigenvalue weighted by Crippen LogP contribution is 2.31. The molecule has 0 saturated carbocycles. The van der Waals surface area contributed by atoms with E-state index in [1.807, 2.05) is 0 Å². The van der Waals surface area contributed by atoms with Gasteiger partial charge in [0, 0.05) is 18.5 Å². The van der Waals surface area contributed by atoms with Gasteiger partial charge in [0.1, 0.15) is 5.69 Å². The molecule has 0 unspecified atom stereocenters. The van der Waals surface area contributed by atoms with Crippen LogP contribution >= 0.6 is 0 Å². The van der Waals surface area contributed by atoms with Crippen molar-refractivity contribution in [3.05, 3.63) is 46.8 Å². The Bertz CT molecular complexity index is 493. The SMILES string of the molecule is O=[N+]([O-])c1cccc(-n2cccn2)c1O. The summed E-state index contributed by atoms with van der Waals surface area (Å²) in [6, 6.07) is 5.95. The van der Waals surface area contributed by atoms with E-state index in [1.165, 1.54) is 23.0 Å². The van der Waals surface area contributed by atoms with Crippen LogP contribution in [0.2, 0.25) is 0 Å². The highest BCUT2D eigenvalue weighted by atomic mass is 16.6. The molecule has 15 heavy (non-hydrogen) atoms. The van der Waals surface area contributed by atoms with Gasteiger partial charge in [0.25, 0.3) is 0 Å². The summed E-state index contributed by atoms with van der Waals surface area (Å²) in [6.45, 7) is 0. The minimum atomic E-state index is -0.637. The van der Waals surface area contributed by atoms with Gasteiger partial charge in [-0.05, 0) is 12.1 Å². The minimum absolute atomic E-state index is 0.286.